The van der Waals surface area contributed by atoms with Crippen LogP contribution in [0.2, 0.25) is 0 Å². The molecule has 2 aromatic rings. The molecule has 2 atom stereocenters. The van der Waals surface area contributed by atoms with Gasteiger partial charge in [-0.1, -0.05) is 6.07 Å². The molecule has 16 heteroatoms. The van der Waals surface area contributed by atoms with E-state index in [4.69, 9.17) is 26.6 Å². The number of amides is 3. The van der Waals surface area contributed by atoms with Gasteiger partial charge in [0.1, 0.15) is 18.4 Å². The van der Waals surface area contributed by atoms with Gasteiger partial charge in [0.2, 0.25) is 11.8 Å². The van der Waals surface area contributed by atoms with Crippen LogP contribution in [0.15, 0.2) is 42.5 Å². The molecule has 0 spiro atoms. The second-order valence-corrected chi connectivity index (χ2v) is 10.8. The lowest BCUT2D eigenvalue weighted by Gasteiger charge is -2.23. The van der Waals surface area contributed by atoms with E-state index >= 15 is 0 Å². The minimum Gasteiger partial charge on any atom is -0.491 e. The maximum atomic E-state index is 13.3. The number of fused-ring (bicyclic) bond motifs is 1. The van der Waals surface area contributed by atoms with Crippen molar-refractivity contribution in [1.82, 2.24) is 10.2 Å². The van der Waals surface area contributed by atoms with Crippen molar-refractivity contribution < 1.29 is 42.0 Å². The zero-order valence-corrected chi connectivity index (χ0v) is 24.5. The van der Waals surface area contributed by atoms with Crippen molar-refractivity contribution in [2.24, 2.45) is 17.2 Å². The second-order valence-electron chi connectivity index (χ2n) is 10.8. The molecule has 12 nitrogen and oxygen atoms in total. The molecule has 0 bridgehead atoms. The number of benzene rings is 2. The summed E-state index contributed by atoms with van der Waals surface area (Å²) in [5.74, 6) is -1.70. The Morgan fingerprint density at radius 3 is 2.30 bits per heavy atom. The first-order valence-electron chi connectivity index (χ1n) is 14.0. The van der Waals surface area contributed by atoms with Gasteiger partial charge in [-0.25, -0.2) is 0 Å². The van der Waals surface area contributed by atoms with Crippen molar-refractivity contribution >= 4 is 36.0 Å². The van der Waals surface area contributed by atoms with E-state index in [0.29, 0.717) is 29.8 Å². The molecule has 0 radical (unpaired) electrons. The fraction of sp³-hybridized carbons (Fsp3) is 0.464. The van der Waals surface area contributed by atoms with Crippen LogP contribution >= 0.6 is 0 Å². The van der Waals surface area contributed by atoms with E-state index in [1.807, 2.05) is 0 Å². The Labute approximate surface area is 253 Å². The number of carbonyl (C=O) groups is 3. The third kappa shape index (κ3) is 9.16. The smallest absolute Gasteiger partial charge is 0.491 e. The Bertz CT molecular complexity index is 1310. The summed E-state index contributed by atoms with van der Waals surface area (Å²) in [7, 11) is -1.13. The molecule has 9 N–H and O–H groups in total. The summed E-state index contributed by atoms with van der Waals surface area (Å²) in [5, 5.41) is 15.3. The number of rotatable bonds is 14. The third-order valence-corrected chi connectivity index (χ3v) is 7.03. The zero-order chi connectivity index (χ0) is 32.7. The Hall–Kier alpha value is -3.70. The first kappa shape index (κ1) is 34.8. The molecule has 240 valence electrons. The molecule has 0 saturated carbocycles. The normalized spacial score (nSPS) is 15.2. The number of nitrogens with one attached hydrogen (secondary N) is 2. The van der Waals surface area contributed by atoms with Crippen LogP contribution in [0.25, 0.3) is 0 Å². The van der Waals surface area contributed by atoms with Gasteiger partial charge in [0, 0.05) is 38.3 Å². The summed E-state index contributed by atoms with van der Waals surface area (Å²) in [5.41, 5.74) is 16.9. The van der Waals surface area contributed by atoms with Crippen molar-refractivity contribution in [3.8, 4) is 5.75 Å². The van der Waals surface area contributed by atoms with Crippen molar-refractivity contribution in [2.45, 2.75) is 50.6 Å². The Balaban J connectivity index is 1.72. The number of alkyl halides is 3. The minimum atomic E-state index is -4.54. The molecule has 0 fully saturated rings. The number of nitrogens with two attached hydrogens (primary N) is 3. The average molecular weight is 622 g/mol. The number of ether oxygens (including phenoxy) is 1. The maximum absolute atomic E-state index is 13.3. The lowest BCUT2D eigenvalue weighted by Crippen LogP contribution is -2.52. The summed E-state index contributed by atoms with van der Waals surface area (Å²) in [6.07, 6.45) is -4.64. The minimum absolute atomic E-state index is 0.0326. The fourth-order valence-corrected chi connectivity index (χ4v) is 4.63. The zero-order valence-electron chi connectivity index (χ0n) is 24.5. The third-order valence-electron chi connectivity index (χ3n) is 7.03. The van der Waals surface area contributed by atoms with Crippen LogP contribution in [0, 0.1) is 0 Å². The molecule has 0 saturated heterocycles. The number of carbonyl (C=O) groups excluding carboxylic acids is 3. The van der Waals surface area contributed by atoms with E-state index in [0.717, 1.165) is 24.3 Å². The van der Waals surface area contributed by atoms with Crippen LogP contribution in [0.1, 0.15) is 37.8 Å². The van der Waals surface area contributed by atoms with Gasteiger partial charge in [-0.15, -0.1) is 0 Å². The summed E-state index contributed by atoms with van der Waals surface area (Å²) in [4.78, 5) is 40.3. The van der Waals surface area contributed by atoms with Crippen LogP contribution in [0.4, 0.5) is 18.9 Å². The van der Waals surface area contributed by atoms with E-state index in [-0.39, 0.29) is 37.6 Å². The molecule has 1 heterocycles. The van der Waals surface area contributed by atoms with Gasteiger partial charge in [0.05, 0.1) is 17.2 Å². The molecule has 0 aliphatic carbocycles. The van der Waals surface area contributed by atoms with Gasteiger partial charge in [-0.2, -0.15) is 13.2 Å². The van der Waals surface area contributed by atoms with E-state index in [1.54, 1.807) is 32.0 Å². The van der Waals surface area contributed by atoms with Gasteiger partial charge in [0.25, 0.3) is 5.91 Å². The van der Waals surface area contributed by atoms with Gasteiger partial charge in [0.15, 0.2) is 0 Å². The van der Waals surface area contributed by atoms with E-state index in [1.165, 1.54) is 4.90 Å². The number of halogens is 3. The summed E-state index contributed by atoms with van der Waals surface area (Å²) in [6, 6.07) is 6.13. The van der Waals surface area contributed by atoms with Crippen LogP contribution in [0.3, 0.4) is 0 Å². The van der Waals surface area contributed by atoms with Gasteiger partial charge in [-0.05, 0) is 67.7 Å². The Morgan fingerprint density at radius 2 is 1.70 bits per heavy atom. The van der Waals surface area contributed by atoms with Crippen molar-refractivity contribution in [2.75, 3.05) is 38.1 Å². The summed E-state index contributed by atoms with van der Waals surface area (Å²) >= 11 is 0. The van der Waals surface area contributed by atoms with Crippen molar-refractivity contribution in [3.63, 3.8) is 0 Å². The highest BCUT2D eigenvalue weighted by atomic mass is 19.4. The highest BCUT2D eigenvalue weighted by Gasteiger charge is 2.40. The first-order valence-corrected chi connectivity index (χ1v) is 14.0. The number of nitrogens with zero attached hydrogens (tertiary/aromatic N) is 1. The van der Waals surface area contributed by atoms with Gasteiger partial charge >= 0.3 is 13.3 Å². The topological polar surface area (TPSA) is 195 Å². The van der Waals surface area contributed by atoms with Crippen LogP contribution in [-0.2, 0) is 30.8 Å². The SMILES string of the molecule is CC1(C)OB(O)c2ccc(NC(=O)[C@@H](COc3ccc(C(F)(F)F)cc3)NC(=O)[C@@H](N)CCC(=O)N(CCN)CCN)cc21. The lowest BCUT2D eigenvalue weighted by molar-refractivity contribution is -0.137. The highest BCUT2D eigenvalue weighted by Crippen LogP contribution is 2.32. The molecule has 3 rings (SSSR count). The standard InChI is InChI=1S/C28H38BF3N6O6/c1-27(2)20-15-18(5-8-21(20)29(42)44-27)36-26(41)23(16-43-19-6-3-17(4-7-19)28(30,31)32)37-25(40)22(35)9-10-24(39)38(13-11-33)14-12-34/h3-8,15,22-23,42H,9-14,16,33-35H2,1-2H3,(H,36,41)(H,37,40)/t22-,23+/m0/s1. The number of hydrogen-bond donors (Lipinski definition) is 6. The molecular formula is C28H38BF3N6O6. The molecule has 44 heavy (non-hydrogen) atoms. The molecule has 1 aliphatic heterocycles. The molecular weight excluding hydrogens is 584 g/mol. The summed E-state index contributed by atoms with van der Waals surface area (Å²) in [6.45, 7) is 4.14. The Morgan fingerprint density at radius 1 is 1.07 bits per heavy atom. The van der Waals surface area contributed by atoms with Crippen LogP contribution in [0.5, 0.6) is 5.75 Å². The van der Waals surface area contributed by atoms with E-state index < -0.39 is 55.0 Å². The van der Waals surface area contributed by atoms with Crippen molar-refractivity contribution in [3.05, 3.63) is 53.6 Å². The highest BCUT2D eigenvalue weighted by molar-refractivity contribution is 6.62. The van der Waals surface area contributed by atoms with Crippen LogP contribution in [-0.4, -0.2) is 79.6 Å². The quantitative estimate of drug-likeness (QED) is 0.157. The number of hydrogen-bond acceptors (Lipinski definition) is 9. The predicted molar refractivity (Wildman–Crippen MR) is 158 cm³/mol. The predicted octanol–water partition coefficient (Wildman–Crippen LogP) is 0.0140. The molecule has 1 aliphatic rings. The molecule has 2 aromatic carbocycles. The fourth-order valence-electron chi connectivity index (χ4n) is 4.63. The summed E-state index contributed by atoms with van der Waals surface area (Å²) < 4.78 is 49.9. The number of anilines is 1. The maximum Gasteiger partial charge on any atom is 0.492 e. The first-order chi connectivity index (χ1) is 20.7. The molecule has 0 unspecified atom stereocenters. The largest absolute Gasteiger partial charge is 0.492 e. The van der Waals surface area contributed by atoms with Gasteiger partial charge in [-0.3, -0.25) is 14.4 Å². The monoisotopic (exact) mass is 622 g/mol. The van der Waals surface area contributed by atoms with E-state index in [9.17, 15) is 32.6 Å². The van der Waals surface area contributed by atoms with Crippen molar-refractivity contribution in [1.29, 1.82) is 0 Å². The van der Waals surface area contributed by atoms with Gasteiger partial charge < -0.3 is 47.1 Å². The van der Waals surface area contributed by atoms with Crippen LogP contribution < -0.4 is 38.0 Å². The second kappa shape index (κ2) is 14.9. The Kier molecular flexibility index (Phi) is 11.7. The average Bonchev–Trinajstić information content (AvgIpc) is 3.20. The van der Waals surface area contributed by atoms with E-state index in [2.05, 4.69) is 10.6 Å². The molecule has 0 aromatic heterocycles. The molecule has 3 amide bonds. The lowest BCUT2D eigenvalue weighted by atomic mass is 9.78.